The quantitative estimate of drug-likeness (QED) is 0.893. The van der Waals surface area contributed by atoms with Gasteiger partial charge in [0.15, 0.2) is 0 Å². The van der Waals surface area contributed by atoms with Crippen molar-refractivity contribution in [3.05, 3.63) is 46.2 Å². The number of rotatable bonds is 4. The summed E-state index contributed by atoms with van der Waals surface area (Å²) in [5.41, 5.74) is 0.653. The topological polar surface area (TPSA) is 29.9 Å². The van der Waals surface area contributed by atoms with Crippen LogP contribution in [-0.2, 0) is 19.3 Å². The number of nitrogens with one attached hydrogen (secondary N) is 1. The fourth-order valence-electron chi connectivity index (χ4n) is 1.84. The minimum atomic E-state index is -4.37. The minimum Gasteiger partial charge on any atom is -0.379 e. The lowest BCUT2D eigenvalue weighted by Crippen LogP contribution is -2.10. The Bertz CT molecular complexity index is 593. The summed E-state index contributed by atoms with van der Waals surface area (Å²) < 4.78 is 40.2. The van der Waals surface area contributed by atoms with Gasteiger partial charge in [-0.05, 0) is 31.2 Å². The molecule has 0 aliphatic heterocycles. The first-order chi connectivity index (χ1) is 9.41. The molecular formula is C13H13BrF3N3. The molecule has 0 saturated heterocycles. The summed E-state index contributed by atoms with van der Waals surface area (Å²) in [7, 11) is 0. The molecule has 7 heteroatoms. The molecule has 0 aliphatic rings. The molecule has 0 atom stereocenters. The second-order valence-corrected chi connectivity index (χ2v) is 5.04. The monoisotopic (exact) mass is 347 g/mol. The fourth-order valence-corrected chi connectivity index (χ4v) is 2.31. The molecule has 0 radical (unpaired) electrons. The number of aromatic nitrogens is 2. The van der Waals surface area contributed by atoms with Gasteiger partial charge in [-0.3, -0.25) is 4.68 Å². The smallest absolute Gasteiger partial charge is 0.379 e. The average molecular weight is 348 g/mol. The van der Waals surface area contributed by atoms with Crippen molar-refractivity contribution in [3.8, 4) is 0 Å². The van der Waals surface area contributed by atoms with Crippen molar-refractivity contribution >= 4 is 21.6 Å². The largest absolute Gasteiger partial charge is 0.417 e. The zero-order valence-electron chi connectivity index (χ0n) is 10.7. The number of alkyl halides is 3. The molecule has 0 unspecified atom stereocenters. The van der Waals surface area contributed by atoms with E-state index in [1.54, 1.807) is 16.9 Å². The van der Waals surface area contributed by atoms with Gasteiger partial charge in [-0.1, -0.05) is 15.9 Å². The van der Waals surface area contributed by atoms with Crippen molar-refractivity contribution < 1.29 is 13.2 Å². The molecule has 0 spiro atoms. The van der Waals surface area contributed by atoms with Crippen LogP contribution in [0.4, 0.5) is 18.9 Å². The summed E-state index contributed by atoms with van der Waals surface area (Å²) in [4.78, 5) is 0. The lowest BCUT2D eigenvalue weighted by atomic mass is 10.2. The zero-order valence-corrected chi connectivity index (χ0v) is 12.3. The van der Waals surface area contributed by atoms with Crippen LogP contribution in [0.15, 0.2) is 34.9 Å². The van der Waals surface area contributed by atoms with Crippen LogP contribution in [0.1, 0.15) is 18.2 Å². The predicted octanol–water partition coefficient (Wildman–Crippen LogP) is 4.30. The molecule has 1 aromatic carbocycles. The fraction of sp³-hybridized carbons (Fsp3) is 0.308. The van der Waals surface area contributed by atoms with Gasteiger partial charge in [0.1, 0.15) is 0 Å². The molecule has 0 saturated carbocycles. The first-order valence-electron chi connectivity index (χ1n) is 6.03. The van der Waals surface area contributed by atoms with Gasteiger partial charge in [0.25, 0.3) is 0 Å². The molecule has 2 rings (SSSR count). The van der Waals surface area contributed by atoms with Crippen molar-refractivity contribution in [1.29, 1.82) is 0 Å². The van der Waals surface area contributed by atoms with E-state index < -0.39 is 11.7 Å². The van der Waals surface area contributed by atoms with Crippen molar-refractivity contribution in [3.63, 3.8) is 0 Å². The molecule has 108 valence electrons. The molecule has 2 aromatic rings. The maximum Gasteiger partial charge on any atom is 0.417 e. The lowest BCUT2D eigenvalue weighted by Gasteiger charge is -2.13. The van der Waals surface area contributed by atoms with Gasteiger partial charge in [0.05, 0.1) is 17.8 Å². The summed E-state index contributed by atoms with van der Waals surface area (Å²) in [5.74, 6) is 0. The van der Waals surface area contributed by atoms with E-state index in [1.165, 1.54) is 6.07 Å². The summed E-state index contributed by atoms with van der Waals surface area (Å²) in [5, 5.41) is 7.09. The Labute approximate surface area is 122 Å². The third-order valence-corrected chi connectivity index (χ3v) is 3.54. The number of hydrogen-bond acceptors (Lipinski definition) is 2. The standard InChI is InChI=1S/C13H13BrF3N3/c1-2-20-10(5-6-19-20)8-18-9-3-4-12(14)11(7-9)13(15,16)17/h3-7,18H,2,8H2,1H3. The highest BCUT2D eigenvalue weighted by Gasteiger charge is 2.33. The summed E-state index contributed by atoms with van der Waals surface area (Å²) >= 11 is 2.92. The molecule has 0 amide bonds. The van der Waals surface area contributed by atoms with Crippen LogP contribution in [-0.4, -0.2) is 9.78 Å². The van der Waals surface area contributed by atoms with Gasteiger partial charge in [0, 0.05) is 22.9 Å². The van der Waals surface area contributed by atoms with Crippen LogP contribution in [0.25, 0.3) is 0 Å². The second-order valence-electron chi connectivity index (χ2n) is 4.18. The van der Waals surface area contributed by atoms with Crippen molar-refractivity contribution in [2.75, 3.05) is 5.32 Å². The van der Waals surface area contributed by atoms with Crippen LogP contribution in [0.2, 0.25) is 0 Å². The first kappa shape index (κ1) is 14.9. The number of aryl methyl sites for hydroxylation is 1. The highest BCUT2D eigenvalue weighted by molar-refractivity contribution is 9.10. The van der Waals surface area contributed by atoms with Crippen LogP contribution >= 0.6 is 15.9 Å². The van der Waals surface area contributed by atoms with E-state index in [-0.39, 0.29) is 4.47 Å². The molecule has 20 heavy (non-hydrogen) atoms. The van der Waals surface area contributed by atoms with Crippen molar-refractivity contribution in [2.24, 2.45) is 0 Å². The second kappa shape index (κ2) is 5.87. The summed E-state index contributed by atoms with van der Waals surface area (Å²) in [6, 6.07) is 5.92. The van der Waals surface area contributed by atoms with Crippen molar-refractivity contribution in [1.82, 2.24) is 9.78 Å². The van der Waals surface area contributed by atoms with Gasteiger partial charge < -0.3 is 5.32 Å². The van der Waals surface area contributed by atoms with Crippen LogP contribution in [0.5, 0.6) is 0 Å². The predicted molar refractivity (Wildman–Crippen MR) is 74.4 cm³/mol. The van der Waals surface area contributed by atoms with E-state index in [2.05, 4.69) is 26.3 Å². The van der Waals surface area contributed by atoms with Gasteiger partial charge in [0.2, 0.25) is 0 Å². The number of nitrogens with zero attached hydrogens (tertiary/aromatic N) is 2. The molecule has 1 aromatic heterocycles. The number of hydrogen-bond donors (Lipinski definition) is 1. The average Bonchev–Trinajstić information content (AvgIpc) is 2.84. The molecule has 0 fully saturated rings. The Hall–Kier alpha value is -1.50. The molecule has 1 N–H and O–H groups in total. The normalized spacial score (nSPS) is 11.7. The summed E-state index contributed by atoms with van der Waals surface area (Å²) in [6.45, 7) is 3.10. The highest BCUT2D eigenvalue weighted by Crippen LogP contribution is 2.36. The number of anilines is 1. The van der Waals surface area contributed by atoms with E-state index in [0.29, 0.717) is 12.2 Å². The Morgan fingerprint density at radius 2 is 2.05 bits per heavy atom. The maximum absolute atomic E-state index is 12.8. The number of benzene rings is 1. The highest BCUT2D eigenvalue weighted by atomic mass is 79.9. The molecule has 0 aliphatic carbocycles. The van der Waals surface area contributed by atoms with Crippen LogP contribution in [0.3, 0.4) is 0 Å². The third-order valence-electron chi connectivity index (χ3n) is 2.85. The van der Waals surface area contributed by atoms with Crippen LogP contribution < -0.4 is 5.32 Å². The van der Waals surface area contributed by atoms with Gasteiger partial charge in [-0.25, -0.2) is 0 Å². The van der Waals surface area contributed by atoms with Crippen LogP contribution in [0, 0.1) is 0 Å². The lowest BCUT2D eigenvalue weighted by molar-refractivity contribution is -0.138. The Morgan fingerprint density at radius 1 is 1.30 bits per heavy atom. The van der Waals surface area contributed by atoms with E-state index >= 15 is 0 Å². The van der Waals surface area contributed by atoms with Crippen molar-refractivity contribution in [2.45, 2.75) is 26.2 Å². The van der Waals surface area contributed by atoms with Gasteiger partial charge in [-0.2, -0.15) is 18.3 Å². The molecule has 0 bridgehead atoms. The minimum absolute atomic E-state index is 0.0363. The Morgan fingerprint density at radius 3 is 2.70 bits per heavy atom. The summed E-state index contributed by atoms with van der Waals surface area (Å²) in [6.07, 6.45) is -2.70. The van der Waals surface area contributed by atoms with E-state index in [1.807, 2.05) is 13.0 Å². The SMILES string of the molecule is CCn1nccc1CNc1ccc(Br)c(C(F)(F)F)c1. The Balaban J connectivity index is 2.15. The molecule has 1 heterocycles. The van der Waals surface area contributed by atoms with E-state index in [4.69, 9.17) is 0 Å². The zero-order chi connectivity index (χ0) is 14.8. The maximum atomic E-state index is 12.8. The Kier molecular flexibility index (Phi) is 4.37. The van der Waals surface area contributed by atoms with E-state index in [0.717, 1.165) is 18.3 Å². The van der Waals surface area contributed by atoms with E-state index in [9.17, 15) is 13.2 Å². The third kappa shape index (κ3) is 3.33. The van der Waals surface area contributed by atoms with Gasteiger partial charge in [-0.15, -0.1) is 0 Å². The van der Waals surface area contributed by atoms with Gasteiger partial charge >= 0.3 is 6.18 Å². The molecule has 3 nitrogen and oxygen atoms in total. The molecular weight excluding hydrogens is 335 g/mol. The first-order valence-corrected chi connectivity index (χ1v) is 6.82. The number of halogens is 4.